The van der Waals surface area contributed by atoms with Crippen molar-refractivity contribution in [2.75, 3.05) is 20.1 Å². The Bertz CT molecular complexity index is 229. The molecule has 2 heteroatoms. The number of likely N-dealkylation sites (tertiary alicyclic amines) is 1. The molecule has 0 aromatic carbocycles. The summed E-state index contributed by atoms with van der Waals surface area (Å²) in [5, 5.41) is 3.85. The highest BCUT2D eigenvalue weighted by molar-refractivity contribution is 4.81. The van der Waals surface area contributed by atoms with Crippen LogP contribution in [0.5, 0.6) is 0 Å². The molecule has 18 heavy (non-hydrogen) atoms. The van der Waals surface area contributed by atoms with Gasteiger partial charge in [-0.2, -0.15) is 0 Å². The molecule has 1 N–H and O–H groups in total. The normalized spacial score (nSPS) is 34.7. The number of nitrogens with zero attached hydrogens (tertiary/aromatic N) is 1. The Morgan fingerprint density at radius 1 is 1.06 bits per heavy atom. The largest absolute Gasteiger partial charge is 0.312 e. The minimum absolute atomic E-state index is 0.805. The molecule has 0 aromatic heterocycles. The highest BCUT2D eigenvalue weighted by Gasteiger charge is 2.23. The zero-order chi connectivity index (χ0) is 12.8. The Balaban J connectivity index is 1.67. The van der Waals surface area contributed by atoms with Gasteiger partial charge in [0.2, 0.25) is 0 Å². The van der Waals surface area contributed by atoms with Gasteiger partial charge in [-0.15, -0.1) is 0 Å². The fourth-order valence-corrected chi connectivity index (χ4v) is 3.82. The van der Waals surface area contributed by atoms with Crippen LogP contribution < -0.4 is 5.32 Å². The molecule has 1 aliphatic heterocycles. The summed E-state index contributed by atoms with van der Waals surface area (Å²) in [6, 6.07) is 1.61. The van der Waals surface area contributed by atoms with Crippen molar-refractivity contribution in [1.82, 2.24) is 10.2 Å². The first-order valence-electron chi connectivity index (χ1n) is 8.23. The van der Waals surface area contributed by atoms with E-state index in [0.717, 1.165) is 18.0 Å². The Labute approximate surface area is 114 Å². The van der Waals surface area contributed by atoms with Gasteiger partial charge >= 0.3 is 0 Å². The van der Waals surface area contributed by atoms with Crippen LogP contribution in [0.15, 0.2) is 0 Å². The van der Waals surface area contributed by atoms with Crippen LogP contribution in [0.2, 0.25) is 0 Å². The Morgan fingerprint density at radius 3 is 2.67 bits per heavy atom. The Kier molecular flexibility index (Phi) is 5.97. The van der Waals surface area contributed by atoms with E-state index in [1.165, 1.54) is 70.9 Å². The van der Waals surface area contributed by atoms with E-state index in [1.54, 1.807) is 0 Å². The van der Waals surface area contributed by atoms with Crippen LogP contribution in [0.1, 0.15) is 64.7 Å². The molecule has 1 saturated carbocycles. The second kappa shape index (κ2) is 7.49. The monoisotopic (exact) mass is 252 g/mol. The number of rotatable bonds is 5. The van der Waals surface area contributed by atoms with E-state index in [0.29, 0.717) is 0 Å². The van der Waals surface area contributed by atoms with Crippen LogP contribution >= 0.6 is 0 Å². The summed E-state index contributed by atoms with van der Waals surface area (Å²) in [4.78, 5) is 2.53. The molecule has 3 atom stereocenters. The molecular weight excluding hydrogens is 220 g/mol. The molecule has 2 nitrogen and oxygen atoms in total. The van der Waals surface area contributed by atoms with Crippen LogP contribution in [0.25, 0.3) is 0 Å². The van der Waals surface area contributed by atoms with E-state index < -0.39 is 0 Å². The summed E-state index contributed by atoms with van der Waals surface area (Å²) in [6.07, 6.45) is 12.8. The van der Waals surface area contributed by atoms with E-state index in [-0.39, 0.29) is 0 Å². The predicted octanol–water partition coefficient (Wildman–Crippen LogP) is 3.42. The summed E-state index contributed by atoms with van der Waals surface area (Å²) in [7, 11) is 2.28. The fraction of sp³-hybridized carbons (Fsp3) is 1.00. The van der Waals surface area contributed by atoms with Crippen LogP contribution in [0, 0.1) is 5.92 Å². The van der Waals surface area contributed by atoms with Crippen molar-refractivity contribution in [3.8, 4) is 0 Å². The molecule has 3 unspecified atom stereocenters. The van der Waals surface area contributed by atoms with Gasteiger partial charge in [-0.3, -0.25) is 0 Å². The molecule has 106 valence electrons. The van der Waals surface area contributed by atoms with Crippen molar-refractivity contribution in [3.63, 3.8) is 0 Å². The maximum absolute atomic E-state index is 3.85. The lowest BCUT2D eigenvalue weighted by Gasteiger charge is -2.24. The molecule has 2 aliphatic rings. The molecule has 0 aromatic rings. The fourth-order valence-electron chi connectivity index (χ4n) is 3.82. The first kappa shape index (κ1) is 14.3. The molecular formula is C16H32N2. The second-order valence-electron chi connectivity index (χ2n) is 6.54. The van der Waals surface area contributed by atoms with E-state index in [9.17, 15) is 0 Å². The van der Waals surface area contributed by atoms with Gasteiger partial charge in [-0.1, -0.05) is 32.6 Å². The van der Waals surface area contributed by atoms with Crippen molar-refractivity contribution < 1.29 is 0 Å². The number of hydrogen-bond acceptors (Lipinski definition) is 2. The lowest BCUT2D eigenvalue weighted by molar-refractivity contribution is 0.285. The summed E-state index contributed by atoms with van der Waals surface area (Å²) in [5.41, 5.74) is 0. The van der Waals surface area contributed by atoms with E-state index in [2.05, 4.69) is 24.2 Å². The average Bonchev–Trinajstić information content (AvgIpc) is 2.63. The zero-order valence-electron chi connectivity index (χ0n) is 12.5. The molecule has 0 spiro atoms. The van der Waals surface area contributed by atoms with Gasteiger partial charge in [0.25, 0.3) is 0 Å². The molecule has 1 heterocycles. The smallest absolute Gasteiger partial charge is 0.0218 e. The first-order valence-corrected chi connectivity index (χ1v) is 8.23. The van der Waals surface area contributed by atoms with Crippen molar-refractivity contribution in [1.29, 1.82) is 0 Å². The second-order valence-corrected chi connectivity index (χ2v) is 6.54. The molecule has 1 saturated heterocycles. The average molecular weight is 252 g/mol. The quantitative estimate of drug-likeness (QED) is 0.754. The third kappa shape index (κ3) is 4.24. The highest BCUT2D eigenvalue weighted by atomic mass is 15.2. The van der Waals surface area contributed by atoms with Gasteiger partial charge < -0.3 is 10.2 Å². The summed E-state index contributed by atoms with van der Waals surface area (Å²) in [6.45, 7) is 4.85. The lowest BCUT2D eigenvalue weighted by atomic mass is 9.95. The van der Waals surface area contributed by atoms with E-state index in [4.69, 9.17) is 0 Å². The number of likely N-dealkylation sites (N-methyl/N-ethyl adjacent to an activating group) is 1. The van der Waals surface area contributed by atoms with Crippen molar-refractivity contribution >= 4 is 0 Å². The van der Waals surface area contributed by atoms with Gasteiger partial charge in [0.1, 0.15) is 0 Å². The minimum atomic E-state index is 0.805. The maximum Gasteiger partial charge on any atom is 0.0218 e. The van der Waals surface area contributed by atoms with Crippen molar-refractivity contribution in [2.24, 2.45) is 5.92 Å². The molecule has 0 radical (unpaired) electrons. The molecule has 2 fully saturated rings. The third-order valence-electron chi connectivity index (χ3n) is 5.10. The standard InChI is InChI=1S/C16H32N2/c1-3-6-14-7-4-8-15(11-10-14)17-13-16-9-5-12-18(16)2/h14-17H,3-13H2,1-2H3. The molecule has 1 aliphatic carbocycles. The van der Waals surface area contributed by atoms with E-state index >= 15 is 0 Å². The summed E-state index contributed by atoms with van der Waals surface area (Å²) in [5.74, 6) is 1.02. The minimum Gasteiger partial charge on any atom is -0.312 e. The molecule has 2 rings (SSSR count). The van der Waals surface area contributed by atoms with Gasteiger partial charge in [0.15, 0.2) is 0 Å². The maximum atomic E-state index is 3.85. The van der Waals surface area contributed by atoms with Crippen LogP contribution in [0.4, 0.5) is 0 Å². The summed E-state index contributed by atoms with van der Waals surface area (Å²) >= 11 is 0. The molecule has 0 amide bonds. The predicted molar refractivity (Wildman–Crippen MR) is 78.9 cm³/mol. The van der Waals surface area contributed by atoms with Crippen LogP contribution in [-0.4, -0.2) is 37.1 Å². The van der Waals surface area contributed by atoms with Crippen molar-refractivity contribution in [2.45, 2.75) is 76.8 Å². The Morgan fingerprint density at radius 2 is 1.94 bits per heavy atom. The van der Waals surface area contributed by atoms with Gasteiger partial charge in [-0.05, 0) is 51.6 Å². The first-order chi connectivity index (χ1) is 8.79. The van der Waals surface area contributed by atoms with Gasteiger partial charge in [-0.25, -0.2) is 0 Å². The van der Waals surface area contributed by atoms with Gasteiger partial charge in [0.05, 0.1) is 0 Å². The lowest BCUT2D eigenvalue weighted by Crippen LogP contribution is -2.40. The van der Waals surface area contributed by atoms with Crippen molar-refractivity contribution in [3.05, 3.63) is 0 Å². The van der Waals surface area contributed by atoms with Crippen LogP contribution in [0.3, 0.4) is 0 Å². The highest BCUT2D eigenvalue weighted by Crippen LogP contribution is 2.27. The summed E-state index contributed by atoms with van der Waals surface area (Å²) < 4.78 is 0. The zero-order valence-corrected chi connectivity index (χ0v) is 12.5. The number of nitrogens with one attached hydrogen (secondary N) is 1. The van der Waals surface area contributed by atoms with Crippen LogP contribution in [-0.2, 0) is 0 Å². The number of hydrogen-bond donors (Lipinski definition) is 1. The molecule has 0 bridgehead atoms. The van der Waals surface area contributed by atoms with Gasteiger partial charge in [0, 0.05) is 18.6 Å². The Hall–Kier alpha value is -0.0800. The topological polar surface area (TPSA) is 15.3 Å². The SMILES string of the molecule is CCCC1CCCC(NCC2CCCN2C)CC1. The third-order valence-corrected chi connectivity index (χ3v) is 5.10. The van der Waals surface area contributed by atoms with E-state index in [1.807, 2.05) is 0 Å².